The highest BCUT2D eigenvalue weighted by Crippen LogP contribution is 2.15. The number of esters is 1. The summed E-state index contributed by atoms with van der Waals surface area (Å²) in [6.45, 7) is 10.1. The van der Waals surface area contributed by atoms with Gasteiger partial charge in [-0.25, -0.2) is 0 Å². The summed E-state index contributed by atoms with van der Waals surface area (Å²) < 4.78 is 4.72. The second kappa shape index (κ2) is 9.87. The minimum atomic E-state index is -0.246. The van der Waals surface area contributed by atoms with E-state index in [1.54, 1.807) is 0 Å². The Balaban J connectivity index is 2.60. The lowest BCUT2D eigenvalue weighted by Crippen LogP contribution is -2.39. The Bertz CT molecular complexity index is 529. The zero-order chi connectivity index (χ0) is 17.2. The lowest BCUT2D eigenvalue weighted by atomic mass is 9.99. The van der Waals surface area contributed by atoms with Gasteiger partial charge in [0.2, 0.25) is 0 Å². The van der Waals surface area contributed by atoms with Gasteiger partial charge in [-0.15, -0.1) is 0 Å². The fourth-order valence-corrected chi connectivity index (χ4v) is 2.19. The van der Waals surface area contributed by atoms with E-state index in [9.17, 15) is 4.79 Å². The number of hydrogen-bond acceptors (Lipinski definition) is 3. The van der Waals surface area contributed by atoms with Gasteiger partial charge in [0, 0.05) is 13.1 Å². The summed E-state index contributed by atoms with van der Waals surface area (Å²) >= 11 is 0. The van der Waals surface area contributed by atoms with E-state index in [1.807, 2.05) is 13.8 Å². The van der Waals surface area contributed by atoms with E-state index in [0.717, 1.165) is 19.0 Å². The number of ether oxygens (including phenoxy) is 1. The lowest BCUT2D eigenvalue weighted by molar-refractivity contribution is -0.144. The van der Waals surface area contributed by atoms with E-state index in [2.05, 4.69) is 53.7 Å². The molecule has 0 fully saturated rings. The van der Waals surface area contributed by atoms with E-state index in [-0.39, 0.29) is 11.9 Å². The standard InChI is InChI=1S/C18H29N3O2/c1-6-19-18(21-12-15(4)17(22)23-5)20-11-14(3)16-9-7-8-13(2)10-16/h7-10,14-15H,6,11-12H2,1-5H3,(H2,19,20,21). The van der Waals surface area contributed by atoms with Gasteiger partial charge in [0.05, 0.1) is 19.6 Å². The van der Waals surface area contributed by atoms with Crippen LogP contribution in [0, 0.1) is 12.8 Å². The van der Waals surface area contributed by atoms with Crippen molar-refractivity contribution in [3.63, 3.8) is 0 Å². The van der Waals surface area contributed by atoms with Crippen molar-refractivity contribution >= 4 is 11.9 Å². The number of aliphatic imine (C=N–C) groups is 1. The van der Waals surface area contributed by atoms with Crippen LogP contribution in [0.25, 0.3) is 0 Å². The fraction of sp³-hybridized carbons (Fsp3) is 0.556. The highest BCUT2D eigenvalue weighted by molar-refractivity contribution is 5.80. The first kappa shape index (κ1) is 19.0. The van der Waals surface area contributed by atoms with Crippen molar-refractivity contribution in [3.05, 3.63) is 35.4 Å². The molecule has 0 saturated carbocycles. The second-order valence-electron chi connectivity index (χ2n) is 5.84. The molecule has 0 amide bonds. The third-order valence-electron chi connectivity index (χ3n) is 3.66. The van der Waals surface area contributed by atoms with Crippen LogP contribution in [0.5, 0.6) is 0 Å². The van der Waals surface area contributed by atoms with E-state index in [4.69, 9.17) is 4.74 Å². The van der Waals surface area contributed by atoms with Crippen LogP contribution in [0.2, 0.25) is 0 Å². The molecule has 2 unspecified atom stereocenters. The number of benzene rings is 1. The van der Waals surface area contributed by atoms with Crippen molar-refractivity contribution in [1.29, 1.82) is 0 Å². The number of carbonyl (C=O) groups is 1. The summed E-state index contributed by atoms with van der Waals surface area (Å²) in [5.74, 6) is 0.613. The summed E-state index contributed by atoms with van der Waals surface area (Å²) in [6.07, 6.45) is 0. The van der Waals surface area contributed by atoms with Crippen molar-refractivity contribution in [2.45, 2.75) is 33.6 Å². The molecular weight excluding hydrogens is 290 g/mol. The summed E-state index contributed by atoms with van der Waals surface area (Å²) in [5.41, 5.74) is 2.57. The molecule has 0 aromatic heterocycles. The maximum absolute atomic E-state index is 11.4. The molecule has 0 aliphatic heterocycles. The molecule has 0 spiro atoms. The summed E-state index contributed by atoms with van der Waals surface area (Å²) in [4.78, 5) is 15.9. The number of guanidine groups is 1. The smallest absolute Gasteiger partial charge is 0.310 e. The molecule has 0 heterocycles. The van der Waals surface area contributed by atoms with Crippen molar-refractivity contribution < 1.29 is 9.53 Å². The second-order valence-corrected chi connectivity index (χ2v) is 5.84. The quantitative estimate of drug-likeness (QED) is 0.460. The van der Waals surface area contributed by atoms with Gasteiger partial charge in [-0.2, -0.15) is 0 Å². The largest absolute Gasteiger partial charge is 0.469 e. The molecule has 2 atom stereocenters. The molecule has 0 aliphatic carbocycles. The van der Waals surface area contributed by atoms with Crippen molar-refractivity contribution in [2.24, 2.45) is 10.9 Å². The normalized spacial score (nSPS) is 14.0. The van der Waals surface area contributed by atoms with E-state index >= 15 is 0 Å². The lowest BCUT2D eigenvalue weighted by Gasteiger charge is -2.17. The Kier molecular flexibility index (Phi) is 8.16. The molecule has 5 nitrogen and oxygen atoms in total. The fourth-order valence-electron chi connectivity index (χ4n) is 2.19. The first-order chi connectivity index (χ1) is 11.0. The molecule has 23 heavy (non-hydrogen) atoms. The van der Waals surface area contributed by atoms with Crippen LogP contribution >= 0.6 is 0 Å². The predicted molar refractivity (Wildman–Crippen MR) is 94.8 cm³/mol. The van der Waals surface area contributed by atoms with Crippen LogP contribution in [-0.2, 0) is 9.53 Å². The number of nitrogens with zero attached hydrogens (tertiary/aromatic N) is 1. The van der Waals surface area contributed by atoms with Crippen LogP contribution in [0.1, 0.15) is 37.8 Å². The number of hydrogen-bond donors (Lipinski definition) is 2. The molecule has 0 bridgehead atoms. The molecule has 1 rings (SSSR count). The average Bonchev–Trinajstić information content (AvgIpc) is 2.55. The van der Waals surface area contributed by atoms with Gasteiger partial charge in [0.1, 0.15) is 0 Å². The number of methoxy groups -OCH3 is 1. The third kappa shape index (κ3) is 6.72. The zero-order valence-electron chi connectivity index (χ0n) is 14.8. The molecule has 0 aliphatic rings. The molecule has 5 heteroatoms. The van der Waals surface area contributed by atoms with Crippen molar-refractivity contribution in [1.82, 2.24) is 10.6 Å². The highest BCUT2D eigenvalue weighted by Gasteiger charge is 2.13. The topological polar surface area (TPSA) is 62.7 Å². The number of nitrogens with one attached hydrogen (secondary N) is 2. The Hall–Kier alpha value is -2.04. The minimum Gasteiger partial charge on any atom is -0.469 e. The Morgan fingerprint density at radius 1 is 1.30 bits per heavy atom. The van der Waals surface area contributed by atoms with Gasteiger partial charge in [-0.3, -0.25) is 9.79 Å². The first-order valence-electron chi connectivity index (χ1n) is 8.14. The maximum Gasteiger partial charge on any atom is 0.310 e. The number of carbonyl (C=O) groups excluding carboxylic acids is 1. The van der Waals surface area contributed by atoms with E-state index in [0.29, 0.717) is 12.5 Å². The van der Waals surface area contributed by atoms with Gasteiger partial charge in [0.25, 0.3) is 0 Å². The monoisotopic (exact) mass is 319 g/mol. The number of rotatable bonds is 7. The van der Waals surface area contributed by atoms with Gasteiger partial charge >= 0.3 is 5.97 Å². The van der Waals surface area contributed by atoms with Crippen LogP contribution in [0.3, 0.4) is 0 Å². The first-order valence-corrected chi connectivity index (χ1v) is 8.14. The minimum absolute atomic E-state index is 0.238. The molecule has 0 radical (unpaired) electrons. The van der Waals surface area contributed by atoms with E-state index < -0.39 is 0 Å². The number of aryl methyl sites for hydroxylation is 1. The maximum atomic E-state index is 11.4. The summed E-state index contributed by atoms with van der Waals surface area (Å²) in [6, 6.07) is 8.53. The van der Waals surface area contributed by atoms with Gasteiger partial charge in [-0.1, -0.05) is 43.7 Å². The average molecular weight is 319 g/mol. The Morgan fingerprint density at radius 2 is 2.04 bits per heavy atom. The van der Waals surface area contributed by atoms with Gasteiger partial charge < -0.3 is 15.4 Å². The van der Waals surface area contributed by atoms with E-state index in [1.165, 1.54) is 18.2 Å². The zero-order valence-corrected chi connectivity index (χ0v) is 14.8. The van der Waals surface area contributed by atoms with Gasteiger partial charge in [0.15, 0.2) is 5.96 Å². The van der Waals surface area contributed by atoms with Gasteiger partial charge in [-0.05, 0) is 25.3 Å². The molecule has 1 aromatic rings. The SMILES string of the molecule is CCNC(=NCC(C)C(=O)OC)NCC(C)c1cccc(C)c1. The van der Waals surface area contributed by atoms with Crippen LogP contribution < -0.4 is 10.6 Å². The third-order valence-corrected chi connectivity index (χ3v) is 3.66. The Morgan fingerprint density at radius 3 is 2.65 bits per heavy atom. The predicted octanol–water partition coefficient (Wildman–Crippen LogP) is 2.46. The van der Waals surface area contributed by atoms with Crippen LogP contribution in [-0.4, -0.2) is 38.7 Å². The molecule has 1 aromatic carbocycles. The molecular formula is C18H29N3O2. The van der Waals surface area contributed by atoms with Crippen molar-refractivity contribution in [2.75, 3.05) is 26.7 Å². The Labute approximate surface area is 139 Å². The molecule has 2 N–H and O–H groups in total. The van der Waals surface area contributed by atoms with Crippen molar-refractivity contribution in [3.8, 4) is 0 Å². The van der Waals surface area contributed by atoms with Crippen LogP contribution in [0.4, 0.5) is 0 Å². The summed E-state index contributed by atoms with van der Waals surface area (Å²) in [7, 11) is 1.40. The van der Waals surface area contributed by atoms with Crippen LogP contribution in [0.15, 0.2) is 29.3 Å². The molecule has 128 valence electrons. The summed E-state index contributed by atoms with van der Waals surface area (Å²) in [5, 5.41) is 6.54. The highest BCUT2D eigenvalue weighted by atomic mass is 16.5. The molecule has 0 saturated heterocycles.